The normalized spacial score (nSPS) is 21.1. The third-order valence-electron chi connectivity index (χ3n) is 1.66. The van der Waals surface area contributed by atoms with Gasteiger partial charge in [-0.15, -0.1) is 3.89 Å². The van der Waals surface area contributed by atoms with Crippen molar-refractivity contribution in [2.75, 3.05) is 13.1 Å². The number of halogens is 4. The maximum atomic E-state index is 12.0. The summed E-state index contributed by atoms with van der Waals surface area (Å²) >= 11 is 0. The minimum absolute atomic E-state index is 0.263. The van der Waals surface area contributed by atoms with Crippen LogP contribution >= 0.6 is 0 Å². The van der Waals surface area contributed by atoms with E-state index in [0.717, 1.165) is 0 Å². The van der Waals surface area contributed by atoms with Gasteiger partial charge in [0.05, 0.1) is 0 Å². The number of nitrogens with one attached hydrogen (secondary N) is 1. The van der Waals surface area contributed by atoms with Crippen molar-refractivity contribution in [2.45, 2.75) is 17.8 Å². The van der Waals surface area contributed by atoms with Gasteiger partial charge in [0, 0.05) is 6.54 Å². The van der Waals surface area contributed by atoms with Gasteiger partial charge in [-0.1, -0.05) is 0 Å². The van der Waals surface area contributed by atoms with Crippen molar-refractivity contribution >= 4 is 16.2 Å². The lowest BCUT2D eigenvalue weighted by atomic mass is 10.4. The number of alkyl halides is 3. The molecular formula is C6H9F4NO4S. The number of carboxylic acid groups (broad SMARTS) is 1. The quantitative estimate of drug-likeness (QED) is 0.526. The van der Waals surface area contributed by atoms with Gasteiger partial charge in [0.1, 0.15) is 5.25 Å². The molecule has 0 amide bonds. The fourth-order valence-corrected chi connectivity index (χ4v) is 1.58. The zero-order valence-corrected chi connectivity index (χ0v) is 8.61. The molecule has 1 rings (SSSR count). The average Bonchev–Trinajstić information content (AvgIpc) is 2.52. The number of hydrogen-bond acceptors (Lipinski definition) is 4. The molecule has 1 fully saturated rings. The summed E-state index contributed by atoms with van der Waals surface area (Å²) in [5, 5.41) is 9.09. The van der Waals surface area contributed by atoms with Crippen molar-refractivity contribution in [3.8, 4) is 0 Å². The number of carboxylic acids is 1. The van der Waals surface area contributed by atoms with Gasteiger partial charge in [-0.3, -0.25) is 0 Å². The van der Waals surface area contributed by atoms with E-state index in [2.05, 4.69) is 5.32 Å². The summed E-state index contributed by atoms with van der Waals surface area (Å²) in [5.74, 6) is -2.76. The summed E-state index contributed by atoms with van der Waals surface area (Å²) in [6, 6.07) is 0. The Balaban J connectivity index is 0.000000293. The molecule has 0 spiro atoms. The predicted molar refractivity (Wildman–Crippen MR) is 45.0 cm³/mol. The number of rotatable bonds is 1. The van der Waals surface area contributed by atoms with Crippen molar-refractivity contribution in [1.82, 2.24) is 5.32 Å². The first-order valence-corrected chi connectivity index (χ1v) is 5.44. The molecule has 96 valence electrons. The average molecular weight is 267 g/mol. The van der Waals surface area contributed by atoms with E-state index < -0.39 is 27.6 Å². The molecule has 0 bridgehead atoms. The van der Waals surface area contributed by atoms with Crippen molar-refractivity contribution < 1.29 is 35.4 Å². The van der Waals surface area contributed by atoms with Crippen LogP contribution in [-0.2, 0) is 15.0 Å². The lowest BCUT2D eigenvalue weighted by molar-refractivity contribution is -0.192. The highest BCUT2D eigenvalue weighted by Crippen LogP contribution is 2.13. The number of hydrogen-bond donors (Lipinski definition) is 2. The van der Waals surface area contributed by atoms with Gasteiger partial charge in [-0.05, 0) is 13.0 Å². The highest BCUT2D eigenvalue weighted by atomic mass is 32.3. The minimum atomic E-state index is -5.08. The molecule has 0 aromatic rings. The van der Waals surface area contributed by atoms with E-state index >= 15 is 0 Å². The van der Waals surface area contributed by atoms with E-state index in [9.17, 15) is 25.5 Å². The largest absolute Gasteiger partial charge is 0.490 e. The lowest BCUT2D eigenvalue weighted by Gasteiger charge is -1.98. The van der Waals surface area contributed by atoms with E-state index in [1.807, 2.05) is 0 Å². The van der Waals surface area contributed by atoms with E-state index in [4.69, 9.17) is 9.90 Å². The van der Waals surface area contributed by atoms with E-state index in [1.165, 1.54) is 0 Å². The monoisotopic (exact) mass is 267 g/mol. The highest BCUT2D eigenvalue weighted by molar-refractivity contribution is 7.87. The molecule has 0 radical (unpaired) electrons. The number of carbonyl (C=O) groups is 1. The van der Waals surface area contributed by atoms with E-state index in [0.29, 0.717) is 13.0 Å². The molecule has 16 heavy (non-hydrogen) atoms. The Labute approximate surface area is 88.7 Å². The summed E-state index contributed by atoms with van der Waals surface area (Å²) in [4.78, 5) is 8.90. The first-order chi connectivity index (χ1) is 7.05. The Kier molecular flexibility index (Phi) is 5.13. The molecule has 5 nitrogen and oxygen atoms in total. The van der Waals surface area contributed by atoms with Crippen LogP contribution in [-0.4, -0.2) is 44.0 Å². The molecular weight excluding hydrogens is 258 g/mol. The Morgan fingerprint density at radius 3 is 1.94 bits per heavy atom. The first kappa shape index (κ1) is 15.1. The van der Waals surface area contributed by atoms with Crippen LogP contribution in [0.25, 0.3) is 0 Å². The van der Waals surface area contributed by atoms with Crippen LogP contribution in [0.1, 0.15) is 6.42 Å². The lowest BCUT2D eigenvalue weighted by Crippen LogP contribution is -2.21. The van der Waals surface area contributed by atoms with Gasteiger partial charge in [0.15, 0.2) is 0 Å². The first-order valence-electron chi connectivity index (χ1n) is 3.99. The smallest absolute Gasteiger partial charge is 0.475 e. The third kappa shape index (κ3) is 5.85. The fourth-order valence-electron chi connectivity index (χ4n) is 0.868. The van der Waals surface area contributed by atoms with Gasteiger partial charge < -0.3 is 10.4 Å². The second-order valence-corrected chi connectivity index (χ2v) is 4.51. The van der Waals surface area contributed by atoms with Crippen LogP contribution in [0.15, 0.2) is 0 Å². The molecule has 2 N–H and O–H groups in total. The summed E-state index contributed by atoms with van der Waals surface area (Å²) in [6.07, 6.45) is -4.68. The minimum Gasteiger partial charge on any atom is -0.475 e. The van der Waals surface area contributed by atoms with Crippen molar-refractivity contribution in [3.05, 3.63) is 0 Å². The van der Waals surface area contributed by atoms with Gasteiger partial charge in [0.25, 0.3) is 0 Å². The molecule has 10 heteroatoms. The van der Waals surface area contributed by atoms with Crippen LogP contribution in [0.5, 0.6) is 0 Å². The van der Waals surface area contributed by atoms with Crippen molar-refractivity contribution in [1.29, 1.82) is 0 Å². The van der Waals surface area contributed by atoms with Crippen LogP contribution < -0.4 is 5.32 Å². The van der Waals surface area contributed by atoms with E-state index in [1.54, 1.807) is 0 Å². The Morgan fingerprint density at radius 2 is 1.81 bits per heavy atom. The van der Waals surface area contributed by atoms with Crippen LogP contribution in [0.4, 0.5) is 17.1 Å². The van der Waals surface area contributed by atoms with Gasteiger partial charge in [-0.2, -0.15) is 21.6 Å². The number of aliphatic carboxylic acids is 1. The third-order valence-corrected chi connectivity index (χ3v) is 2.85. The van der Waals surface area contributed by atoms with Crippen molar-refractivity contribution in [3.63, 3.8) is 0 Å². The molecule has 1 aliphatic rings. The fraction of sp³-hybridized carbons (Fsp3) is 0.833. The zero-order chi connectivity index (χ0) is 13.0. The Bertz CT molecular complexity index is 333. The molecule has 0 saturated carbocycles. The van der Waals surface area contributed by atoms with Gasteiger partial charge >= 0.3 is 22.4 Å². The molecule has 1 atom stereocenters. The second-order valence-electron chi connectivity index (χ2n) is 2.89. The van der Waals surface area contributed by atoms with Crippen molar-refractivity contribution in [2.24, 2.45) is 0 Å². The maximum absolute atomic E-state index is 12.0. The molecule has 0 aliphatic carbocycles. The molecule has 1 unspecified atom stereocenters. The predicted octanol–water partition coefficient (Wildman–Crippen LogP) is 0.281. The van der Waals surface area contributed by atoms with Crippen LogP contribution in [0.2, 0.25) is 0 Å². The topological polar surface area (TPSA) is 83.5 Å². The maximum Gasteiger partial charge on any atom is 0.490 e. The molecule has 1 aliphatic heterocycles. The van der Waals surface area contributed by atoms with Crippen LogP contribution in [0, 0.1) is 0 Å². The molecule has 0 aromatic carbocycles. The SMILES string of the molecule is O=C(O)C(F)(F)F.O=S(=O)(F)C1CCNC1. The summed E-state index contributed by atoms with van der Waals surface area (Å²) in [7, 11) is -4.27. The highest BCUT2D eigenvalue weighted by Gasteiger charge is 2.38. The van der Waals surface area contributed by atoms with Gasteiger partial charge in [0.2, 0.25) is 0 Å². The standard InChI is InChI=1S/C4H8FNO2S.C2HF3O2/c5-9(7,8)4-1-2-6-3-4;3-2(4,5)1(6)7/h4,6H,1-3H2;(H,6,7). The molecule has 0 aromatic heterocycles. The Hall–Kier alpha value is -0.900. The summed E-state index contributed by atoms with van der Waals surface area (Å²) in [6.45, 7) is 0.868. The second kappa shape index (κ2) is 5.43. The molecule has 1 saturated heterocycles. The Morgan fingerprint density at radius 1 is 1.38 bits per heavy atom. The van der Waals surface area contributed by atoms with Crippen LogP contribution in [0.3, 0.4) is 0 Å². The zero-order valence-electron chi connectivity index (χ0n) is 7.79. The van der Waals surface area contributed by atoms with Gasteiger partial charge in [-0.25, -0.2) is 4.79 Å². The summed E-state index contributed by atoms with van der Waals surface area (Å²) in [5.41, 5.74) is 0. The summed E-state index contributed by atoms with van der Waals surface area (Å²) < 4.78 is 64.0. The van der Waals surface area contributed by atoms with E-state index in [-0.39, 0.29) is 6.54 Å². The molecule has 1 heterocycles.